The zero-order valence-electron chi connectivity index (χ0n) is 14.4. The van der Waals surface area contributed by atoms with Crippen molar-refractivity contribution in [2.45, 2.75) is 13.1 Å². The van der Waals surface area contributed by atoms with Crippen molar-refractivity contribution in [2.24, 2.45) is 0 Å². The minimum atomic E-state index is -0.488. The summed E-state index contributed by atoms with van der Waals surface area (Å²) >= 11 is 0. The first kappa shape index (κ1) is 18.1. The highest BCUT2D eigenvalue weighted by Crippen LogP contribution is 2.17. The molecule has 0 fully saturated rings. The fraction of sp³-hybridized carbons (Fsp3) is 0.158. The van der Waals surface area contributed by atoms with E-state index in [4.69, 9.17) is 4.74 Å². The summed E-state index contributed by atoms with van der Waals surface area (Å²) in [6.07, 6.45) is 5.35. The quantitative estimate of drug-likeness (QED) is 0.488. The number of nitrogens with one attached hydrogen (secondary N) is 1. The van der Waals surface area contributed by atoms with Crippen molar-refractivity contribution >= 4 is 11.6 Å². The van der Waals surface area contributed by atoms with Gasteiger partial charge in [-0.25, -0.2) is 4.98 Å². The van der Waals surface area contributed by atoms with Gasteiger partial charge in [-0.15, -0.1) is 0 Å². The molecule has 0 bridgehead atoms. The molecule has 0 aliphatic carbocycles. The summed E-state index contributed by atoms with van der Waals surface area (Å²) in [7, 11) is 0. The van der Waals surface area contributed by atoms with Gasteiger partial charge < -0.3 is 14.6 Å². The van der Waals surface area contributed by atoms with Crippen molar-refractivity contribution in [3.8, 4) is 5.75 Å². The summed E-state index contributed by atoms with van der Waals surface area (Å²) in [4.78, 5) is 26.2. The van der Waals surface area contributed by atoms with E-state index in [-0.39, 0.29) is 18.2 Å². The van der Waals surface area contributed by atoms with Crippen molar-refractivity contribution in [1.82, 2.24) is 14.9 Å². The molecule has 27 heavy (non-hydrogen) atoms. The van der Waals surface area contributed by atoms with E-state index < -0.39 is 4.92 Å². The molecule has 0 radical (unpaired) electrons. The highest BCUT2D eigenvalue weighted by molar-refractivity contribution is 5.77. The summed E-state index contributed by atoms with van der Waals surface area (Å²) in [6.45, 7) is 0.889. The minimum absolute atomic E-state index is 0.0266. The minimum Gasteiger partial charge on any atom is -0.484 e. The van der Waals surface area contributed by atoms with Crippen LogP contribution in [0.4, 0.5) is 5.69 Å². The van der Waals surface area contributed by atoms with Gasteiger partial charge in [0.1, 0.15) is 5.75 Å². The second-order valence-electron chi connectivity index (χ2n) is 5.82. The monoisotopic (exact) mass is 366 g/mol. The molecule has 0 saturated carbocycles. The van der Waals surface area contributed by atoms with Gasteiger partial charge in [0.15, 0.2) is 6.61 Å². The topological polar surface area (TPSA) is 99.3 Å². The molecule has 0 atom stereocenters. The zero-order valence-corrected chi connectivity index (χ0v) is 14.4. The molecule has 8 heteroatoms. The predicted molar refractivity (Wildman–Crippen MR) is 98.2 cm³/mol. The van der Waals surface area contributed by atoms with Crippen LogP contribution in [0.2, 0.25) is 0 Å². The fourth-order valence-corrected chi connectivity index (χ4v) is 2.52. The molecular weight excluding hydrogens is 348 g/mol. The molecule has 1 heterocycles. The van der Waals surface area contributed by atoms with Crippen LogP contribution in [-0.4, -0.2) is 27.0 Å². The second kappa shape index (κ2) is 8.61. The van der Waals surface area contributed by atoms with Crippen LogP contribution >= 0.6 is 0 Å². The number of ether oxygens (including phenoxy) is 1. The Labute approximate surface area is 155 Å². The van der Waals surface area contributed by atoms with Crippen LogP contribution in [0.3, 0.4) is 0 Å². The molecule has 1 aromatic heterocycles. The van der Waals surface area contributed by atoms with Crippen LogP contribution in [0.25, 0.3) is 0 Å². The molecule has 138 valence electrons. The molecule has 0 saturated heterocycles. The number of imidazole rings is 1. The van der Waals surface area contributed by atoms with E-state index >= 15 is 0 Å². The van der Waals surface area contributed by atoms with E-state index in [0.29, 0.717) is 18.8 Å². The van der Waals surface area contributed by atoms with Gasteiger partial charge in [-0.05, 0) is 23.3 Å². The molecule has 2 aromatic carbocycles. The average Bonchev–Trinajstić information content (AvgIpc) is 3.19. The van der Waals surface area contributed by atoms with Gasteiger partial charge in [0, 0.05) is 37.6 Å². The van der Waals surface area contributed by atoms with E-state index in [0.717, 1.165) is 11.1 Å². The van der Waals surface area contributed by atoms with Crippen LogP contribution in [-0.2, 0) is 17.9 Å². The van der Waals surface area contributed by atoms with Crippen LogP contribution in [0.1, 0.15) is 11.1 Å². The number of amides is 1. The number of hydrogen-bond donors (Lipinski definition) is 1. The van der Waals surface area contributed by atoms with Crippen molar-refractivity contribution in [3.05, 3.63) is 88.5 Å². The number of hydrogen-bond acceptors (Lipinski definition) is 5. The summed E-state index contributed by atoms with van der Waals surface area (Å²) < 4.78 is 7.32. The summed E-state index contributed by atoms with van der Waals surface area (Å²) in [5.41, 5.74) is 2.07. The van der Waals surface area contributed by atoms with Gasteiger partial charge in [0.05, 0.1) is 11.3 Å². The fourth-order valence-electron chi connectivity index (χ4n) is 2.52. The van der Waals surface area contributed by atoms with Gasteiger partial charge in [-0.2, -0.15) is 0 Å². The molecule has 3 rings (SSSR count). The Morgan fingerprint density at radius 1 is 1.15 bits per heavy atom. The molecular formula is C19H18N4O4. The van der Waals surface area contributed by atoms with Gasteiger partial charge in [-0.1, -0.05) is 24.3 Å². The first-order chi connectivity index (χ1) is 13.1. The predicted octanol–water partition coefficient (Wildman–Crippen LogP) is 2.53. The molecule has 1 amide bonds. The maximum absolute atomic E-state index is 12.0. The third kappa shape index (κ3) is 5.15. The number of carbonyl (C=O) groups excluding carboxylic acids is 1. The molecule has 8 nitrogen and oxygen atoms in total. The first-order valence-corrected chi connectivity index (χ1v) is 8.28. The molecule has 0 spiro atoms. The van der Waals surface area contributed by atoms with E-state index in [1.54, 1.807) is 12.5 Å². The smallest absolute Gasteiger partial charge is 0.269 e. The van der Waals surface area contributed by atoms with Crippen molar-refractivity contribution in [1.29, 1.82) is 0 Å². The Bertz CT molecular complexity index is 908. The Kier molecular flexibility index (Phi) is 5.78. The van der Waals surface area contributed by atoms with Crippen molar-refractivity contribution in [3.63, 3.8) is 0 Å². The largest absolute Gasteiger partial charge is 0.484 e. The molecule has 3 aromatic rings. The SMILES string of the molecule is O=C(COc1ccc([N+](=O)[O-])cc1)NCc1ccccc1Cn1ccnc1. The molecule has 0 aliphatic heterocycles. The number of aromatic nitrogens is 2. The summed E-state index contributed by atoms with van der Waals surface area (Å²) in [6, 6.07) is 13.4. The maximum Gasteiger partial charge on any atom is 0.269 e. The molecule has 1 N–H and O–H groups in total. The highest BCUT2D eigenvalue weighted by atomic mass is 16.6. The standard InChI is InChI=1S/C19H18N4O4/c24-19(13-27-18-7-5-17(6-8-18)23(25)26)21-11-15-3-1-2-4-16(15)12-22-10-9-20-14-22/h1-10,14H,11-13H2,(H,21,24). The number of non-ortho nitro benzene ring substituents is 1. The van der Waals surface area contributed by atoms with Crippen LogP contribution < -0.4 is 10.1 Å². The zero-order chi connectivity index (χ0) is 19.1. The first-order valence-electron chi connectivity index (χ1n) is 8.28. The van der Waals surface area contributed by atoms with Crippen LogP contribution in [0, 0.1) is 10.1 Å². The Hall–Kier alpha value is -3.68. The van der Waals surface area contributed by atoms with Crippen molar-refractivity contribution < 1.29 is 14.5 Å². The third-order valence-electron chi connectivity index (χ3n) is 3.92. The van der Waals surface area contributed by atoms with Gasteiger partial charge in [0.2, 0.25) is 0 Å². The van der Waals surface area contributed by atoms with Gasteiger partial charge in [-0.3, -0.25) is 14.9 Å². The second-order valence-corrected chi connectivity index (χ2v) is 5.82. The lowest BCUT2D eigenvalue weighted by Crippen LogP contribution is -2.28. The molecule has 0 unspecified atom stereocenters. The van der Waals surface area contributed by atoms with E-state index in [2.05, 4.69) is 10.3 Å². The Morgan fingerprint density at radius 3 is 2.56 bits per heavy atom. The Morgan fingerprint density at radius 2 is 1.89 bits per heavy atom. The van der Waals surface area contributed by atoms with Crippen LogP contribution in [0.5, 0.6) is 5.75 Å². The number of nitrogens with zero attached hydrogens (tertiary/aromatic N) is 3. The Balaban J connectivity index is 1.51. The number of nitro groups is 1. The number of carbonyl (C=O) groups is 1. The third-order valence-corrected chi connectivity index (χ3v) is 3.92. The van der Waals surface area contributed by atoms with Crippen LogP contribution in [0.15, 0.2) is 67.3 Å². The lowest BCUT2D eigenvalue weighted by Gasteiger charge is -2.12. The highest BCUT2D eigenvalue weighted by Gasteiger charge is 2.08. The lowest BCUT2D eigenvalue weighted by molar-refractivity contribution is -0.384. The number of benzene rings is 2. The van der Waals surface area contributed by atoms with E-state index in [1.807, 2.05) is 35.0 Å². The maximum atomic E-state index is 12.0. The molecule has 0 aliphatic rings. The average molecular weight is 366 g/mol. The normalized spacial score (nSPS) is 10.4. The van der Waals surface area contributed by atoms with E-state index in [9.17, 15) is 14.9 Å². The lowest BCUT2D eigenvalue weighted by atomic mass is 10.1. The number of rotatable bonds is 8. The number of nitro benzene ring substituents is 1. The summed E-state index contributed by atoms with van der Waals surface area (Å²) in [5, 5.41) is 13.4. The van der Waals surface area contributed by atoms with Gasteiger partial charge >= 0.3 is 0 Å². The van der Waals surface area contributed by atoms with Gasteiger partial charge in [0.25, 0.3) is 11.6 Å². The summed E-state index contributed by atoms with van der Waals surface area (Å²) in [5.74, 6) is 0.127. The van der Waals surface area contributed by atoms with Crippen molar-refractivity contribution in [2.75, 3.05) is 6.61 Å². The van der Waals surface area contributed by atoms with E-state index in [1.165, 1.54) is 24.3 Å².